The number of halogens is 1. The van der Waals surface area contributed by atoms with E-state index < -0.39 is 0 Å². The van der Waals surface area contributed by atoms with Gasteiger partial charge in [0.25, 0.3) is 5.56 Å². The predicted molar refractivity (Wildman–Crippen MR) is 81.2 cm³/mol. The fourth-order valence-electron chi connectivity index (χ4n) is 2.56. The summed E-state index contributed by atoms with van der Waals surface area (Å²) in [5.74, 6) is -0.352. The van der Waals surface area contributed by atoms with E-state index in [1.54, 1.807) is 18.5 Å². The van der Waals surface area contributed by atoms with Crippen LogP contribution in [0.25, 0.3) is 21.9 Å². The minimum atomic E-state index is -0.352. The second-order valence-corrected chi connectivity index (χ2v) is 5.08. The molecule has 0 aliphatic carbocycles. The maximum Gasteiger partial charge on any atom is 0.277 e. The van der Waals surface area contributed by atoms with Crippen LogP contribution in [-0.4, -0.2) is 19.5 Å². The summed E-state index contributed by atoms with van der Waals surface area (Å²) >= 11 is 0. The van der Waals surface area contributed by atoms with E-state index in [9.17, 15) is 9.18 Å². The molecule has 3 aromatic heterocycles. The molecule has 6 heteroatoms. The van der Waals surface area contributed by atoms with Crippen LogP contribution in [0.5, 0.6) is 0 Å². The second-order valence-electron chi connectivity index (χ2n) is 5.08. The van der Waals surface area contributed by atoms with E-state index in [0.29, 0.717) is 28.5 Å². The van der Waals surface area contributed by atoms with E-state index >= 15 is 0 Å². The molecule has 0 atom stereocenters. The number of hydrogen-bond acceptors (Lipinski definition) is 3. The van der Waals surface area contributed by atoms with Crippen LogP contribution in [0, 0.1) is 5.82 Å². The molecule has 0 unspecified atom stereocenters. The maximum absolute atomic E-state index is 13.4. The number of pyridine rings is 1. The largest absolute Gasteiger partial charge is 0.349 e. The normalized spacial score (nSPS) is 11.3. The highest BCUT2D eigenvalue weighted by Crippen LogP contribution is 2.22. The third-order valence-electron chi connectivity index (χ3n) is 3.61. The average molecular weight is 294 g/mol. The molecule has 3 heterocycles. The van der Waals surface area contributed by atoms with Gasteiger partial charge < -0.3 is 4.98 Å². The standard InChI is InChI=1S/C16H11FN4O/c17-11-3-4-13-12(6-11)14-15(20-13)16(22)21(9-19-14)8-10-2-1-5-18-7-10/h1-7,9,20H,8H2. The first-order valence-electron chi connectivity index (χ1n) is 6.77. The van der Waals surface area contributed by atoms with E-state index in [1.807, 2.05) is 12.1 Å². The average Bonchev–Trinajstić information content (AvgIpc) is 2.90. The van der Waals surface area contributed by atoms with Crippen molar-refractivity contribution in [1.29, 1.82) is 0 Å². The third kappa shape index (κ3) is 1.96. The van der Waals surface area contributed by atoms with E-state index in [4.69, 9.17) is 0 Å². The van der Waals surface area contributed by atoms with Crippen LogP contribution in [0.1, 0.15) is 5.56 Å². The zero-order valence-electron chi connectivity index (χ0n) is 11.5. The van der Waals surface area contributed by atoms with Crippen LogP contribution >= 0.6 is 0 Å². The minimum absolute atomic E-state index is 0.189. The Bertz CT molecular complexity index is 1040. The highest BCUT2D eigenvalue weighted by Gasteiger charge is 2.11. The molecule has 0 amide bonds. The second kappa shape index (κ2) is 4.77. The van der Waals surface area contributed by atoms with Gasteiger partial charge in [-0.05, 0) is 29.8 Å². The van der Waals surface area contributed by atoms with Gasteiger partial charge in [-0.15, -0.1) is 0 Å². The van der Waals surface area contributed by atoms with Crippen LogP contribution in [0.15, 0.2) is 53.8 Å². The Morgan fingerprint density at radius 3 is 3.00 bits per heavy atom. The van der Waals surface area contributed by atoms with Gasteiger partial charge in [-0.25, -0.2) is 9.37 Å². The molecule has 0 fully saturated rings. The van der Waals surface area contributed by atoms with Crippen molar-refractivity contribution in [2.45, 2.75) is 6.54 Å². The number of fused-ring (bicyclic) bond motifs is 3. The van der Waals surface area contributed by atoms with Crippen LogP contribution in [0.2, 0.25) is 0 Å². The number of rotatable bonds is 2. The Balaban J connectivity index is 1.90. The summed E-state index contributed by atoms with van der Waals surface area (Å²) in [4.78, 5) is 23.9. The predicted octanol–water partition coefficient (Wildman–Crippen LogP) is 2.46. The number of aromatic nitrogens is 4. The highest BCUT2D eigenvalue weighted by atomic mass is 19.1. The van der Waals surface area contributed by atoms with Gasteiger partial charge in [-0.3, -0.25) is 14.3 Å². The number of nitrogens with zero attached hydrogens (tertiary/aromatic N) is 3. The van der Waals surface area contributed by atoms with Crippen molar-refractivity contribution < 1.29 is 4.39 Å². The van der Waals surface area contributed by atoms with Gasteiger partial charge in [-0.1, -0.05) is 6.07 Å². The first-order chi connectivity index (χ1) is 10.7. The summed E-state index contributed by atoms with van der Waals surface area (Å²) in [5, 5.41) is 0.612. The van der Waals surface area contributed by atoms with Crippen molar-refractivity contribution in [2.24, 2.45) is 0 Å². The number of H-pyrrole nitrogens is 1. The Hall–Kier alpha value is -3.02. The van der Waals surface area contributed by atoms with Crippen molar-refractivity contribution >= 4 is 21.9 Å². The Labute approximate surface area is 124 Å². The Morgan fingerprint density at radius 2 is 2.18 bits per heavy atom. The van der Waals surface area contributed by atoms with Crippen molar-refractivity contribution in [2.75, 3.05) is 0 Å². The minimum Gasteiger partial charge on any atom is -0.349 e. The number of hydrogen-bond donors (Lipinski definition) is 1. The van der Waals surface area contributed by atoms with Gasteiger partial charge in [0.15, 0.2) is 0 Å². The molecule has 0 aliphatic heterocycles. The third-order valence-corrected chi connectivity index (χ3v) is 3.61. The summed E-state index contributed by atoms with van der Waals surface area (Å²) in [6.45, 7) is 0.388. The zero-order chi connectivity index (χ0) is 15.1. The van der Waals surface area contributed by atoms with Crippen molar-refractivity contribution in [3.8, 4) is 0 Å². The zero-order valence-corrected chi connectivity index (χ0v) is 11.5. The van der Waals surface area contributed by atoms with Gasteiger partial charge in [0.1, 0.15) is 16.9 Å². The first kappa shape index (κ1) is 12.7. The van der Waals surface area contributed by atoms with Crippen LogP contribution in [-0.2, 0) is 6.54 Å². The number of aromatic amines is 1. The van der Waals surface area contributed by atoms with Gasteiger partial charge in [0.2, 0.25) is 0 Å². The lowest BCUT2D eigenvalue weighted by molar-refractivity contribution is 0.630. The van der Waals surface area contributed by atoms with Crippen LogP contribution in [0.3, 0.4) is 0 Å². The van der Waals surface area contributed by atoms with Crippen LogP contribution < -0.4 is 5.56 Å². The molecule has 1 aromatic carbocycles. The summed E-state index contributed by atoms with van der Waals surface area (Å²) in [6, 6.07) is 8.05. The summed E-state index contributed by atoms with van der Waals surface area (Å²) in [7, 11) is 0. The SMILES string of the molecule is O=c1c2[nH]c3ccc(F)cc3c2ncn1Cc1cccnc1. The van der Waals surface area contributed by atoms with Gasteiger partial charge in [0, 0.05) is 23.3 Å². The molecular weight excluding hydrogens is 283 g/mol. The molecular formula is C16H11FN4O. The molecule has 1 N–H and O–H groups in total. The van der Waals surface area contributed by atoms with Gasteiger partial charge >= 0.3 is 0 Å². The lowest BCUT2D eigenvalue weighted by Crippen LogP contribution is -2.21. The molecule has 4 aromatic rings. The van der Waals surface area contributed by atoms with Crippen molar-refractivity contribution in [1.82, 2.24) is 19.5 Å². The van der Waals surface area contributed by atoms with E-state index in [-0.39, 0.29) is 11.4 Å². The molecule has 108 valence electrons. The van der Waals surface area contributed by atoms with E-state index in [2.05, 4.69) is 15.0 Å². The maximum atomic E-state index is 13.4. The number of nitrogens with one attached hydrogen (secondary N) is 1. The lowest BCUT2D eigenvalue weighted by Gasteiger charge is -2.04. The molecule has 0 aliphatic rings. The topological polar surface area (TPSA) is 63.6 Å². The summed E-state index contributed by atoms with van der Waals surface area (Å²) in [5.41, 5.74) is 2.28. The molecule has 0 spiro atoms. The van der Waals surface area contributed by atoms with Gasteiger partial charge in [-0.2, -0.15) is 0 Å². The van der Waals surface area contributed by atoms with Crippen molar-refractivity contribution in [3.63, 3.8) is 0 Å². The molecule has 4 rings (SSSR count). The fraction of sp³-hybridized carbons (Fsp3) is 0.0625. The highest BCUT2D eigenvalue weighted by molar-refractivity contribution is 6.04. The Kier molecular flexibility index (Phi) is 2.75. The monoisotopic (exact) mass is 294 g/mol. The van der Waals surface area contributed by atoms with E-state index in [1.165, 1.54) is 23.0 Å². The summed E-state index contributed by atoms with van der Waals surface area (Å²) in [6.07, 6.45) is 4.87. The lowest BCUT2D eigenvalue weighted by atomic mass is 10.2. The fourth-order valence-corrected chi connectivity index (χ4v) is 2.56. The molecule has 0 saturated carbocycles. The first-order valence-corrected chi connectivity index (χ1v) is 6.77. The van der Waals surface area contributed by atoms with E-state index in [0.717, 1.165) is 5.56 Å². The molecule has 0 bridgehead atoms. The van der Waals surface area contributed by atoms with Crippen LogP contribution in [0.4, 0.5) is 4.39 Å². The Morgan fingerprint density at radius 1 is 1.27 bits per heavy atom. The quantitative estimate of drug-likeness (QED) is 0.617. The van der Waals surface area contributed by atoms with Gasteiger partial charge in [0.05, 0.1) is 12.9 Å². The molecule has 5 nitrogen and oxygen atoms in total. The van der Waals surface area contributed by atoms with Crippen molar-refractivity contribution in [3.05, 3.63) is 70.8 Å². The molecule has 0 saturated heterocycles. The number of benzene rings is 1. The molecule has 22 heavy (non-hydrogen) atoms. The smallest absolute Gasteiger partial charge is 0.277 e. The summed E-state index contributed by atoms with van der Waals surface area (Å²) < 4.78 is 14.9. The molecule has 0 radical (unpaired) electrons.